The standard InChI is InChI=1S/C23H16INO3/c24-19-10-6-17(7-11-19)15-27-20-12-8-16(9-13-20)14-21-23(26)28-22(25-21)18-4-2-1-3-5-18/h1-14H,15H2/b21-14-. The molecule has 3 aromatic carbocycles. The van der Waals surface area contributed by atoms with Crippen LogP contribution in [0.15, 0.2) is 89.6 Å². The van der Waals surface area contributed by atoms with Crippen molar-refractivity contribution >= 4 is 40.5 Å². The molecule has 138 valence electrons. The summed E-state index contributed by atoms with van der Waals surface area (Å²) in [5, 5.41) is 0. The second-order valence-electron chi connectivity index (χ2n) is 6.19. The maximum Gasteiger partial charge on any atom is 0.363 e. The van der Waals surface area contributed by atoms with Crippen LogP contribution in [0.25, 0.3) is 6.08 Å². The van der Waals surface area contributed by atoms with Crippen molar-refractivity contribution in [1.29, 1.82) is 0 Å². The first-order valence-electron chi connectivity index (χ1n) is 8.73. The summed E-state index contributed by atoms with van der Waals surface area (Å²) in [6.07, 6.45) is 1.71. The van der Waals surface area contributed by atoms with E-state index in [9.17, 15) is 4.79 Å². The monoisotopic (exact) mass is 481 g/mol. The summed E-state index contributed by atoms with van der Waals surface area (Å²) < 4.78 is 12.3. The van der Waals surface area contributed by atoms with E-state index >= 15 is 0 Å². The molecule has 1 aliphatic rings. The number of ether oxygens (including phenoxy) is 2. The lowest BCUT2D eigenvalue weighted by atomic mass is 10.2. The number of carbonyl (C=O) groups excluding carboxylic acids is 1. The zero-order valence-electron chi connectivity index (χ0n) is 14.8. The lowest BCUT2D eigenvalue weighted by Crippen LogP contribution is -2.04. The minimum atomic E-state index is -0.446. The molecule has 0 N–H and O–H groups in total. The van der Waals surface area contributed by atoms with Crippen molar-refractivity contribution in [3.05, 3.63) is 105 Å². The van der Waals surface area contributed by atoms with Crippen molar-refractivity contribution in [3.8, 4) is 5.75 Å². The van der Waals surface area contributed by atoms with E-state index in [1.165, 1.54) is 3.57 Å². The van der Waals surface area contributed by atoms with Crippen molar-refractivity contribution in [1.82, 2.24) is 0 Å². The third kappa shape index (κ3) is 4.48. The normalized spacial score (nSPS) is 14.7. The van der Waals surface area contributed by atoms with Gasteiger partial charge in [-0.25, -0.2) is 9.79 Å². The summed E-state index contributed by atoms with van der Waals surface area (Å²) in [5.41, 5.74) is 3.03. The summed E-state index contributed by atoms with van der Waals surface area (Å²) in [6.45, 7) is 0.508. The highest BCUT2D eigenvalue weighted by atomic mass is 127. The Kier molecular flexibility index (Phi) is 5.53. The number of cyclic esters (lactones) is 1. The van der Waals surface area contributed by atoms with Gasteiger partial charge in [-0.1, -0.05) is 42.5 Å². The van der Waals surface area contributed by atoms with Gasteiger partial charge in [-0.2, -0.15) is 0 Å². The molecule has 1 aliphatic heterocycles. The van der Waals surface area contributed by atoms with Crippen molar-refractivity contribution in [2.45, 2.75) is 6.61 Å². The highest BCUT2D eigenvalue weighted by molar-refractivity contribution is 14.1. The lowest BCUT2D eigenvalue weighted by molar-refractivity contribution is -0.129. The Labute approximate surface area is 176 Å². The molecule has 1 heterocycles. The molecule has 0 fully saturated rings. The second-order valence-corrected chi connectivity index (χ2v) is 7.43. The first-order valence-corrected chi connectivity index (χ1v) is 9.80. The second kappa shape index (κ2) is 8.39. The Hall–Kier alpha value is -2.93. The molecule has 0 saturated carbocycles. The molecule has 0 radical (unpaired) electrons. The first-order chi connectivity index (χ1) is 13.7. The van der Waals surface area contributed by atoms with Crippen LogP contribution in [-0.2, 0) is 16.1 Å². The van der Waals surface area contributed by atoms with Gasteiger partial charge in [0.05, 0.1) is 0 Å². The summed E-state index contributed by atoms with van der Waals surface area (Å²) in [5.74, 6) is 0.649. The van der Waals surface area contributed by atoms with Gasteiger partial charge in [0.15, 0.2) is 5.70 Å². The molecule has 0 spiro atoms. The summed E-state index contributed by atoms with van der Waals surface area (Å²) >= 11 is 2.28. The number of aliphatic imine (C=N–C) groups is 1. The number of nitrogens with zero attached hydrogens (tertiary/aromatic N) is 1. The molecule has 0 atom stereocenters. The fraction of sp³-hybridized carbons (Fsp3) is 0.0435. The molecule has 5 heteroatoms. The zero-order chi connectivity index (χ0) is 19.3. The fourth-order valence-corrected chi connectivity index (χ4v) is 3.04. The van der Waals surface area contributed by atoms with Crippen LogP contribution in [0.1, 0.15) is 16.7 Å². The molecule has 4 rings (SSSR count). The Morgan fingerprint density at radius 3 is 2.36 bits per heavy atom. The molecule has 28 heavy (non-hydrogen) atoms. The number of hydrogen-bond donors (Lipinski definition) is 0. The number of hydrogen-bond acceptors (Lipinski definition) is 4. The first kappa shape index (κ1) is 18.4. The molecule has 0 saturated heterocycles. The summed E-state index contributed by atoms with van der Waals surface area (Å²) in [6, 6.07) is 25.1. The highest BCUT2D eigenvalue weighted by Crippen LogP contribution is 2.21. The van der Waals surface area contributed by atoms with Gasteiger partial charge in [0.25, 0.3) is 0 Å². The molecule has 0 aliphatic carbocycles. The maximum absolute atomic E-state index is 12.1. The van der Waals surface area contributed by atoms with Gasteiger partial charge in [-0.05, 0) is 76.2 Å². The van der Waals surface area contributed by atoms with Crippen LogP contribution in [-0.4, -0.2) is 11.9 Å². The van der Waals surface area contributed by atoms with Crippen molar-refractivity contribution in [3.63, 3.8) is 0 Å². The SMILES string of the molecule is O=C1OC(c2ccccc2)=N/C1=C\c1ccc(OCc2ccc(I)cc2)cc1. The fourth-order valence-electron chi connectivity index (χ4n) is 2.68. The van der Waals surface area contributed by atoms with E-state index in [1.807, 2.05) is 54.6 Å². The molecule has 0 unspecified atom stereocenters. The van der Waals surface area contributed by atoms with Crippen LogP contribution in [0.3, 0.4) is 0 Å². The van der Waals surface area contributed by atoms with Gasteiger partial charge >= 0.3 is 5.97 Å². The number of carbonyl (C=O) groups is 1. The quantitative estimate of drug-likeness (QED) is 0.286. The minimum Gasteiger partial charge on any atom is -0.489 e. The topological polar surface area (TPSA) is 47.9 Å². The average Bonchev–Trinajstić information content (AvgIpc) is 3.10. The molecule has 0 aromatic heterocycles. The number of rotatable bonds is 5. The Morgan fingerprint density at radius 2 is 1.64 bits per heavy atom. The smallest absolute Gasteiger partial charge is 0.363 e. The van der Waals surface area contributed by atoms with Crippen molar-refractivity contribution in [2.24, 2.45) is 4.99 Å². The Morgan fingerprint density at radius 1 is 0.929 bits per heavy atom. The van der Waals surface area contributed by atoms with Crippen LogP contribution in [0.4, 0.5) is 0 Å². The van der Waals surface area contributed by atoms with Crippen LogP contribution in [0.5, 0.6) is 5.75 Å². The molecule has 0 bridgehead atoms. The van der Waals surface area contributed by atoms with Crippen LogP contribution < -0.4 is 4.74 Å². The van der Waals surface area contributed by atoms with Gasteiger partial charge in [-0.15, -0.1) is 0 Å². The minimum absolute atomic E-state index is 0.284. The number of esters is 1. The molecule has 0 amide bonds. The Balaban J connectivity index is 1.44. The van der Waals surface area contributed by atoms with E-state index in [-0.39, 0.29) is 5.70 Å². The molecular formula is C23H16INO3. The predicted octanol–water partition coefficient (Wildman–Crippen LogP) is 5.21. The van der Waals surface area contributed by atoms with E-state index in [0.29, 0.717) is 12.5 Å². The summed E-state index contributed by atoms with van der Waals surface area (Å²) in [7, 11) is 0. The van der Waals surface area contributed by atoms with Gasteiger partial charge in [-0.3, -0.25) is 0 Å². The van der Waals surface area contributed by atoms with Gasteiger partial charge in [0.1, 0.15) is 12.4 Å². The van der Waals surface area contributed by atoms with Crippen molar-refractivity contribution < 1.29 is 14.3 Å². The lowest BCUT2D eigenvalue weighted by Gasteiger charge is -2.06. The van der Waals surface area contributed by atoms with E-state index in [4.69, 9.17) is 9.47 Å². The van der Waals surface area contributed by atoms with E-state index in [1.54, 1.807) is 6.08 Å². The molecule has 3 aromatic rings. The Bertz CT molecular complexity index is 1040. The van der Waals surface area contributed by atoms with Crippen LogP contribution in [0.2, 0.25) is 0 Å². The summed E-state index contributed by atoms with van der Waals surface area (Å²) in [4.78, 5) is 16.4. The zero-order valence-corrected chi connectivity index (χ0v) is 17.0. The van der Waals surface area contributed by atoms with E-state index < -0.39 is 5.97 Å². The highest BCUT2D eigenvalue weighted by Gasteiger charge is 2.23. The van der Waals surface area contributed by atoms with Gasteiger partial charge in [0.2, 0.25) is 5.90 Å². The van der Waals surface area contributed by atoms with Crippen molar-refractivity contribution in [2.75, 3.05) is 0 Å². The third-order valence-corrected chi connectivity index (χ3v) is 4.86. The van der Waals surface area contributed by atoms with Gasteiger partial charge in [0, 0.05) is 9.13 Å². The molecule has 4 nitrogen and oxygen atoms in total. The predicted molar refractivity (Wildman–Crippen MR) is 117 cm³/mol. The largest absolute Gasteiger partial charge is 0.489 e. The van der Waals surface area contributed by atoms with E-state index in [0.717, 1.165) is 22.4 Å². The van der Waals surface area contributed by atoms with Gasteiger partial charge < -0.3 is 9.47 Å². The van der Waals surface area contributed by atoms with Crippen LogP contribution >= 0.6 is 22.6 Å². The maximum atomic E-state index is 12.1. The molecular weight excluding hydrogens is 465 g/mol. The number of benzene rings is 3. The average molecular weight is 481 g/mol. The third-order valence-electron chi connectivity index (χ3n) is 4.14. The van der Waals surface area contributed by atoms with Crippen LogP contribution in [0, 0.1) is 3.57 Å². The van der Waals surface area contributed by atoms with E-state index in [2.05, 4.69) is 51.8 Å². The number of halogens is 1.